The molecular weight excluding hydrogens is 290 g/mol. The summed E-state index contributed by atoms with van der Waals surface area (Å²) in [6, 6.07) is 14.5. The van der Waals surface area contributed by atoms with E-state index in [9.17, 15) is 4.79 Å². The zero-order chi connectivity index (χ0) is 16.7. The van der Waals surface area contributed by atoms with Crippen molar-refractivity contribution in [3.8, 4) is 11.8 Å². The third-order valence-corrected chi connectivity index (χ3v) is 3.39. The van der Waals surface area contributed by atoms with E-state index >= 15 is 0 Å². The molecule has 0 saturated heterocycles. The first-order valence-corrected chi connectivity index (χ1v) is 7.31. The van der Waals surface area contributed by atoms with E-state index in [1.165, 1.54) is 0 Å². The normalized spacial score (nSPS) is 9.78. The average Bonchev–Trinajstić information content (AvgIpc) is 2.56. The molecule has 0 atom stereocenters. The molecule has 0 saturated carbocycles. The molecule has 0 aromatic heterocycles. The van der Waals surface area contributed by atoms with Gasteiger partial charge in [0, 0.05) is 12.2 Å². The van der Waals surface area contributed by atoms with Crippen molar-refractivity contribution in [1.82, 2.24) is 5.32 Å². The number of rotatable bonds is 5. The predicted molar refractivity (Wildman–Crippen MR) is 89.6 cm³/mol. The van der Waals surface area contributed by atoms with Gasteiger partial charge in [0.05, 0.1) is 18.7 Å². The Morgan fingerprint density at radius 1 is 1.22 bits per heavy atom. The van der Waals surface area contributed by atoms with Gasteiger partial charge >= 0.3 is 6.03 Å². The Bertz CT molecular complexity index is 718. The highest BCUT2D eigenvalue weighted by Crippen LogP contribution is 2.19. The van der Waals surface area contributed by atoms with Crippen molar-refractivity contribution < 1.29 is 9.53 Å². The molecule has 0 aliphatic rings. The summed E-state index contributed by atoms with van der Waals surface area (Å²) in [4.78, 5) is 11.9. The van der Waals surface area contributed by atoms with Crippen LogP contribution in [0.4, 0.5) is 10.5 Å². The highest BCUT2D eigenvalue weighted by Gasteiger charge is 2.05. The van der Waals surface area contributed by atoms with E-state index in [0.29, 0.717) is 24.2 Å². The number of hydrogen-bond donors (Lipinski definition) is 2. The van der Waals surface area contributed by atoms with Gasteiger partial charge in [0.25, 0.3) is 0 Å². The molecule has 2 N–H and O–H groups in total. The fourth-order valence-corrected chi connectivity index (χ4v) is 2.22. The molecule has 2 amide bonds. The monoisotopic (exact) mass is 309 g/mol. The fraction of sp³-hybridized carbons (Fsp3) is 0.222. The molecule has 0 fully saturated rings. The van der Waals surface area contributed by atoms with Crippen molar-refractivity contribution in [1.29, 1.82) is 5.26 Å². The third-order valence-electron chi connectivity index (χ3n) is 3.39. The van der Waals surface area contributed by atoms with Crippen LogP contribution in [-0.4, -0.2) is 19.7 Å². The molecule has 0 unspecified atom stereocenters. The van der Waals surface area contributed by atoms with Crippen LogP contribution in [0.5, 0.6) is 5.75 Å². The molecule has 5 nitrogen and oxygen atoms in total. The minimum absolute atomic E-state index is 0.277. The lowest BCUT2D eigenvalue weighted by molar-refractivity contribution is 0.252. The van der Waals surface area contributed by atoms with Gasteiger partial charge in [0.1, 0.15) is 5.75 Å². The zero-order valence-corrected chi connectivity index (χ0v) is 13.2. The average molecular weight is 309 g/mol. The number of aryl methyl sites for hydroxylation is 1. The SMILES string of the molecule is COc1ccc(C)cc1CCNC(=O)Nc1ccc(C#N)cc1. The van der Waals surface area contributed by atoms with E-state index in [1.807, 2.05) is 25.1 Å². The lowest BCUT2D eigenvalue weighted by Gasteiger charge is -2.11. The molecule has 23 heavy (non-hydrogen) atoms. The summed E-state index contributed by atoms with van der Waals surface area (Å²) in [5.74, 6) is 0.824. The van der Waals surface area contributed by atoms with E-state index in [0.717, 1.165) is 16.9 Å². The number of nitrogens with one attached hydrogen (secondary N) is 2. The summed E-state index contributed by atoms with van der Waals surface area (Å²) in [5, 5.41) is 14.3. The molecule has 0 bridgehead atoms. The molecule has 2 rings (SSSR count). The smallest absolute Gasteiger partial charge is 0.319 e. The predicted octanol–water partition coefficient (Wildman–Crippen LogP) is 3.24. The maximum Gasteiger partial charge on any atom is 0.319 e. The van der Waals surface area contributed by atoms with Crippen molar-refractivity contribution in [2.24, 2.45) is 0 Å². The maximum absolute atomic E-state index is 11.9. The summed E-state index contributed by atoms with van der Waals surface area (Å²) in [7, 11) is 1.64. The molecule has 118 valence electrons. The first-order chi connectivity index (χ1) is 11.1. The largest absolute Gasteiger partial charge is 0.496 e. The van der Waals surface area contributed by atoms with Crippen LogP contribution in [0.15, 0.2) is 42.5 Å². The quantitative estimate of drug-likeness (QED) is 0.890. The molecular formula is C18H19N3O2. The Labute approximate surface area is 135 Å². The summed E-state index contributed by atoms with van der Waals surface area (Å²) < 4.78 is 5.32. The van der Waals surface area contributed by atoms with Gasteiger partial charge in [-0.05, 0) is 49.2 Å². The summed E-state index contributed by atoms with van der Waals surface area (Å²) in [6.45, 7) is 2.52. The highest BCUT2D eigenvalue weighted by molar-refractivity contribution is 5.89. The number of methoxy groups -OCH3 is 1. The Balaban J connectivity index is 1.85. The minimum Gasteiger partial charge on any atom is -0.496 e. The number of anilines is 1. The van der Waals surface area contributed by atoms with E-state index in [2.05, 4.69) is 16.7 Å². The van der Waals surface area contributed by atoms with Gasteiger partial charge in [-0.3, -0.25) is 0 Å². The van der Waals surface area contributed by atoms with E-state index in [1.54, 1.807) is 31.4 Å². The van der Waals surface area contributed by atoms with Crippen LogP contribution in [-0.2, 0) is 6.42 Å². The second-order valence-electron chi connectivity index (χ2n) is 5.14. The molecule has 2 aromatic rings. The second-order valence-corrected chi connectivity index (χ2v) is 5.14. The van der Waals surface area contributed by atoms with Crippen molar-refractivity contribution in [3.63, 3.8) is 0 Å². The number of nitriles is 1. The van der Waals surface area contributed by atoms with Crippen LogP contribution < -0.4 is 15.4 Å². The third kappa shape index (κ3) is 4.75. The molecule has 0 spiro atoms. The van der Waals surface area contributed by atoms with Crippen molar-refractivity contribution in [3.05, 3.63) is 59.2 Å². The van der Waals surface area contributed by atoms with Crippen LogP contribution >= 0.6 is 0 Å². The van der Waals surface area contributed by atoms with Crippen LogP contribution in [0.25, 0.3) is 0 Å². The summed E-state index contributed by atoms with van der Waals surface area (Å²) in [5.41, 5.74) is 3.42. The zero-order valence-electron chi connectivity index (χ0n) is 13.2. The van der Waals surface area contributed by atoms with E-state index < -0.39 is 0 Å². The van der Waals surface area contributed by atoms with Gasteiger partial charge in [-0.15, -0.1) is 0 Å². The van der Waals surface area contributed by atoms with Gasteiger partial charge in [0.2, 0.25) is 0 Å². The second kappa shape index (κ2) is 7.85. The fourth-order valence-electron chi connectivity index (χ4n) is 2.22. The van der Waals surface area contributed by atoms with Gasteiger partial charge in [-0.25, -0.2) is 4.79 Å². The topological polar surface area (TPSA) is 74.2 Å². The van der Waals surface area contributed by atoms with Crippen LogP contribution in [0.1, 0.15) is 16.7 Å². The number of urea groups is 1. The Morgan fingerprint density at radius 2 is 1.96 bits per heavy atom. The van der Waals surface area contributed by atoms with Crippen molar-refractivity contribution in [2.45, 2.75) is 13.3 Å². The molecule has 0 aliphatic heterocycles. The maximum atomic E-state index is 11.9. The van der Waals surface area contributed by atoms with E-state index in [4.69, 9.17) is 10.00 Å². The number of hydrogen-bond acceptors (Lipinski definition) is 3. The Hall–Kier alpha value is -3.00. The molecule has 0 aliphatic carbocycles. The highest BCUT2D eigenvalue weighted by atomic mass is 16.5. The summed E-state index contributed by atoms with van der Waals surface area (Å²) in [6.07, 6.45) is 0.686. The van der Waals surface area contributed by atoms with Gasteiger partial charge in [-0.1, -0.05) is 17.7 Å². The molecule has 0 radical (unpaired) electrons. The number of carbonyl (C=O) groups excluding carboxylic acids is 1. The standard InChI is InChI=1S/C18H19N3O2/c1-13-3-8-17(23-2)15(11-13)9-10-20-18(22)21-16-6-4-14(12-19)5-7-16/h3-8,11H,9-10H2,1-2H3,(H2,20,21,22). The van der Waals surface area contributed by atoms with Crippen LogP contribution in [0, 0.1) is 18.3 Å². The molecule has 5 heteroatoms. The van der Waals surface area contributed by atoms with Crippen LogP contribution in [0.2, 0.25) is 0 Å². The number of benzene rings is 2. The number of amides is 2. The van der Waals surface area contributed by atoms with Crippen molar-refractivity contribution >= 4 is 11.7 Å². The number of ether oxygens (including phenoxy) is 1. The lowest BCUT2D eigenvalue weighted by Crippen LogP contribution is -2.30. The first-order valence-electron chi connectivity index (χ1n) is 7.31. The van der Waals surface area contributed by atoms with Gasteiger partial charge < -0.3 is 15.4 Å². The molecule has 2 aromatic carbocycles. The summed E-state index contributed by atoms with van der Waals surface area (Å²) >= 11 is 0. The van der Waals surface area contributed by atoms with E-state index in [-0.39, 0.29) is 6.03 Å². The van der Waals surface area contributed by atoms with Crippen LogP contribution in [0.3, 0.4) is 0 Å². The Morgan fingerprint density at radius 3 is 2.61 bits per heavy atom. The van der Waals surface area contributed by atoms with Gasteiger partial charge in [0.15, 0.2) is 0 Å². The van der Waals surface area contributed by atoms with Gasteiger partial charge in [-0.2, -0.15) is 5.26 Å². The lowest BCUT2D eigenvalue weighted by atomic mass is 10.1. The first kappa shape index (κ1) is 16.4. The number of carbonyl (C=O) groups is 1. The molecule has 0 heterocycles. The minimum atomic E-state index is -0.277. The van der Waals surface area contributed by atoms with Crippen molar-refractivity contribution in [2.75, 3.05) is 19.0 Å². The number of nitrogens with zero attached hydrogens (tertiary/aromatic N) is 1. The Kier molecular flexibility index (Phi) is 5.59.